The van der Waals surface area contributed by atoms with Crippen LogP contribution in [0.2, 0.25) is 0 Å². The predicted molar refractivity (Wildman–Crippen MR) is 62.9 cm³/mol. The van der Waals surface area contributed by atoms with Gasteiger partial charge in [-0.1, -0.05) is 6.92 Å². The third-order valence-electron chi connectivity index (χ3n) is 2.49. The van der Waals surface area contributed by atoms with Crippen LogP contribution < -0.4 is 11.1 Å². The highest BCUT2D eigenvalue weighted by atomic mass is 19.4. The molecule has 3 N–H and O–H groups in total. The standard InChI is InChI=1S/C12H14F4N2O/c1-7(6-17)4-11(19)18-8-2-3-10(13)9(5-8)12(14,15)16/h2-3,5,7H,4,6,17H2,1H3,(H,18,19). The van der Waals surface area contributed by atoms with Crippen LogP contribution in [-0.2, 0) is 11.0 Å². The van der Waals surface area contributed by atoms with Gasteiger partial charge in [0.25, 0.3) is 0 Å². The number of halogens is 4. The topological polar surface area (TPSA) is 55.1 Å². The molecule has 0 aliphatic rings. The monoisotopic (exact) mass is 278 g/mol. The van der Waals surface area contributed by atoms with Crippen LogP contribution in [0.5, 0.6) is 0 Å². The molecule has 0 aliphatic heterocycles. The second-order valence-electron chi connectivity index (χ2n) is 4.29. The van der Waals surface area contributed by atoms with E-state index in [-0.39, 0.29) is 18.0 Å². The Morgan fingerprint density at radius 2 is 2.05 bits per heavy atom. The fraction of sp³-hybridized carbons (Fsp3) is 0.417. The summed E-state index contributed by atoms with van der Waals surface area (Å²) < 4.78 is 50.4. The molecule has 0 spiro atoms. The van der Waals surface area contributed by atoms with Gasteiger partial charge in [-0.15, -0.1) is 0 Å². The van der Waals surface area contributed by atoms with Gasteiger partial charge in [0.05, 0.1) is 5.56 Å². The van der Waals surface area contributed by atoms with Gasteiger partial charge < -0.3 is 11.1 Å². The maximum absolute atomic E-state index is 13.0. The van der Waals surface area contributed by atoms with E-state index in [9.17, 15) is 22.4 Å². The van der Waals surface area contributed by atoms with Crippen molar-refractivity contribution >= 4 is 11.6 Å². The normalized spacial score (nSPS) is 13.2. The average Bonchev–Trinajstić information content (AvgIpc) is 2.29. The lowest BCUT2D eigenvalue weighted by Crippen LogP contribution is -2.20. The van der Waals surface area contributed by atoms with Crippen molar-refractivity contribution in [2.75, 3.05) is 11.9 Å². The molecule has 1 atom stereocenters. The number of nitrogens with one attached hydrogen (secondary N) is 1. The van der Waals surface area contributed by atoms with E-state index < -0.39 is 23.5 Å². The van der Waals surface area contributed by atoms with E-state index in [1.54, 1.807) is 6.92 Å². The Balaban J connectivity index is 2.83. The third-order valence-corrected chi connectivity index (χ3v) is 2.49. The van der Waals surface area contributed by atoms with Crippen molar-refractivity contribution in [3.05, 3.63) is 29.6 Å². The van der Waals surface area contributed by atoms with Gasteiger partial charge in [0.15, 0.2) is 0 Å². The summed E-state index contributed by atoms with van der Waals surface area (Å²) in [5, 5.41) is 2.29. The van der Waals surface area contributed by atoms with Crippen molar-refractivity contribution in [2.24, 2.45) is 11.7 Å². The molecular formula is C12H14F4N2O. The molecule has 1 aromatic carbocycles. The summed E-state index contributed by atoms with van der Waals surface area (Å²) >= 11 is 0. The fourth-order valence-corrected chi connectivity index (χ4v) is 1.43. The summed E-state index contributed by atoms with van der Waals surface area (Å²) in [4.78, 5) is 11.5. The van der Waals surface area contributed by atoms with E-state index in [1.807, 2.05) is 0 Å². The quantitative estimate of drug-likeness (QED) is 0.832. The number of carbonyl (C=O) groups excluding carboxylic acids is 1. The first-order chi connectivity index (χ1) is 8.74. The molecule has 1 aromatic rings. The minimum Gasteiger partial charge on any atom is -0.330 e. The zero-order valence-electron chi connectivity index (χ0n) is 10.2. The molecule has 0 radical (unpaired) electrons. The summed E-state index contributed by atoms with van der Waals surface area (Å²) in [7, 11) is 0. The number of hydrogen-bond donors (Lipinski definition) is 2. The highest BCUT2D eigenvalue weighted by Gasteiger charge is 2.34. The second kappa shape index (κ2) is 6.01. The van der Waals surface area contributed by atoms with E-state index in [1.165, 1.54) is 0 Å². The second-order valence-corrected chi connectivity index (χ2v) is 4.29. The third kappa shape index (κ3) is 4.51. The molecule has 1 rings (SSSR count). The van der Waals surface area contributed by atoms with Crippen molar-refractivity contribution in [1.29, 1.82) is 0 Å². The summed E-state index contributed by atoms with van der Waals surface area (Å²) in [6.45, 7) is 2.04. The Bertz CT molecular complexity index is 460. The molecule has 0 bridgehead atoms. The number of benzene rings is 1. The van der Waals surface area contributed by atoms with Gasteiger partial charge in [0.1, 0.15) is 5.82 Å². The van der Waals surface area contributed by atoms with Crippen molar-refractivity contribution < 1.29 is 22.4 Å². The average molecular weight is 278 g/mol. The van der Waals surface area contributed by atoms with Crippen molar-refractivity contribution in [3.63, 3.8) is 0 Å². The zero-order valence-corrected chi connectivity index (χ0v) is 10.2. The van der Waals surface area contributed by atoms with Gasteiger partial charge in [-0.25, -0.2) is 4.39 Å². The molecule has 0 aliphatic carbocycles. The lowest BCUT2D eigenvalue weighted by molar-refractivity contribution is -0.140. The first-order valence-electron chi connectivity index (χ1n) is 5.60. The lowest BCUT2D eigenvalue weighted by atomic mass is 10.1. The minimum absolute atomic E-state index is 0.0810. The van der Waals surface area contributed by atoms with E-state index in [4.69, 9.17) is 5.73 Å². The SMILES string of the molecule is CC(CN)CC(=O)Nc1ccc(F)c(C(F)(F)F)c1. The van der Waals surface area contributed by atoms with Gasteiger partial charge in [0, 0.05) is 12.1 Å². The van der Waals surface area contributed by atoms with Gasteiger partial charge in [-0.05, 0) is 30.7 Å². The Labute approximate surface area is 107 Å². The lowest BCUT2D eigenvalue weighted by Gasteiger charge is -2.12. The molecule has 0 saturated heterocycles. The molecule has 1 unspecified atom stereocenters. The molecule has 19 heavy (non-hydrogen) atoms. The van der Waals surface area contributed by atoms with Gasteiger partial charge in [0.2, 0.25) is 5.91 Å². The number of rotatable bonds is 4. The first-order valence-corrected chi connectivity index (χ1v) is 5.60. The summed E-state index contributed by atoms with van der Waals surface area (Å²) in [6, 6.07) is 2.32. The molecule has 106 valence electrons. The molecule has 0 saturated carbocycles. The van der Waals surface area contributed by atoms with Crippen LogP contribution in [0.4, 0.5) is 23.2 Å². The highest BCUT2D eigenvalue weighted by molar-refractivity contribution is 5.90. The highest BCUT2D eigenvalue weighted by Crippen LogP contribution is 2.33. The molecule has 0 heterocycles. The number of hydrogen-bond acceptors (Lipinski definition) is 2. The Hall–Kier alpha value is -1.63. The van der Waals surface area contributed by atoms with E-state index >= 15 is 0 Å². The van der Waals surface area contributed by atoms with Gasteiger partial charge in [-0.2, -0.15) is 13.2 Å². The number of anilines is 1. The molecule has 0 aromatic heterocycles. The molecule has 1 amide bonds. The summed E-state index contributed by atoms with van der Waals surface area (Å²) in [5.41, 5.74) is 3.84. The number of carbonyl (C=O) groups is 1. The first kappa shape index (κ1) is 15.4. The maximum Gasteiger partial charge on any atom is 0.419 e. The van der Waals surface area contributed by atoms with E-state index in [0.29, 0.717) is 18.7 Å². The van der Waals surface area contributed by atoms with Crippen LogP contribution >= 0.6 is 0 Å². The van der Waals surface area contributed by atoms with E-state index in [2.05, 4.69) is 5.32 Å². The number of nitrogens with two attached hydrogens (primary N) is 1. The molecular weight excluding hydrogens is 264 g/mol. The van der Waals surface area contributed by atoms with Crippen molar-refractivity contribution in [3.8, 4) is 0 Å². The minimum atomic E-state index is -4.80. The molecule has 0 fully saturated rings. The Morgan fingerprint density at radius 3 is 2.58 bits per heavy atom. The predicted octanol–water partition coefficient (Wildman–Crippen LogP) is 2.77. The molecule has 3 nitrogen and oxygen atoms in total. The van der Waals surface area contributed by atoms with Crippen molar-refractivity contribution in [1.82, 2.24) is 0 Å². The van der Waals surface area contributed by atoms with Crippen LogP contribution in [0.25, 0.3) is 0 Å². The summed E-state index contributed by atoms with van der Waals surface area (Å²) in [5.74, 6) is -1.92. The van der Waals surface area contributed by atoms with Gasteiger partial charge in [-0.3, -0.25) is 4.79 Å². The Morgan fingerprint density at radius 1 is 1.42 bits per heavy atom. The number of amides is 1. The largest absolute Gasteiger partial charge is 0.419 e. The maximum atomic E-state index is 13.0. The van der Waals surface area contributed by atoms with Crippen molar-refractivity contribution in [2.45, 2.75) is 19.5 Å². The smallest absolute Gasteiger partial charge is 0.330 e. The van der Waals surface area contributed by atoms with Crippen LogP contribution in [-0.4, -0.2) is 12.5 Å². The fourth-order valence-electron chi connectivity index (χ4n) is 1.43. The number of alkyl halides is 3. The van der Waals surface area contributed by atoms with Crippen LogP contribution in [0.15, 0.2) is 18.2 Å². The van der Waals surface area contributed by atoms with Gasteiger partial charge >= 0.3 is 6.18 Å². The Kier molecular flexibility index (Phi) is 4.88. The summed E-state index contributed by atoms with van der Waals surface area (Å²) in [6.07, 6.45) is -4.70. The van der Waals surface area contributed by atoms with Crippen LogP contribution in [0.3, 0.4) is 0 Å². The van der Waals surface area contributed by atoms with E-state index in [0.717, 1.165) is 6.07 Å². The molecule has 7 heteroatoms. The van der Waals surface area contributed by atoms with Crippen LogP contribution in [0.1, 0.15) is 18.9 Å². The zero-order chi connectivity index (χ0) is 14.6. The van der Waals surface area contributed by atoms with Crippen LogP contribution in [0, 0.1) is 11.7 Å².